The van der Waals surface area contributed by atoms with Crippen molar-refractivity contribution < 1.29 is 21.1 Å². The molecule has 0 N–H and O–H groups in total. The van der Waals surface area contributed by atoms with Gasteiger partial charge in [0.05, 0.1) is 37.1 Å². The molecule has 0 atom stereocenters. The molecule has 0 aliphatic heterocycles. The molecule has 310 valence electrons. The van der Waals surface area contributed by atoms with Gasteiger partial charge in [0.2, 0.25) is 0 Å². The molecular formula is C44H80P2PtSi8Sn+2. The largest absolute Gasteiger partial charge is 0.101 e. The molecule has 4 aromatic rings. The molecule has 0 aromatic heterocycles. The van der Waals surface area contributed by atoms with Gasteiger partial charge in [0.15, 0.2) is 0 Å². The average Bonchev–Trinajstić information content (AvgIpc) is 3.01. The van der Waals surface area contributed by atoms with E-state index < -0.39 is 53.8 Å². The molecule has 0 saturated carbocycles. The van der Waals surface area contributed by atoms with Gasteiger partial charge in [-0.15, -0.1) is 0 Å². The van der Waals surface area contributed by atoms with Gasteiger partial charge in [0, 0.05) is 108 Å². The van der Waals surface area contributed by atoms with Crippen molar-refractivity contribution in [3.8, 4) is 0 Å². The van der Waals surface area contributed by atoms with E-state index in [4.69, 9.17) is 0 Å². The van der Waals surface area contributed by atoms with Crippen LogP contribution in [0.5, 0.6) is 0 Å². The van der Waals surface area contributed by atoms with Crippen molar-refractivity contribution in [2.45, 2.75) is 118 Å². The van der Waals surface area contributed by atoms with Gasteiger partial charge in [-0.25, -0.2) is 0 Å². The van der Waals surface area contributed by atoms with Crippen LogP contribution in [0.3, 0.4) is 0 Å². The van der Waals surface area contributed by atoms with Crippen LogP contribution in [-0.2, 0) is 21.1 Å². The number of hydrogen-bond acceptors (Lipinski definition) is 0. The smallest absolute Gasteiger partial charge is 0.0721 e. The molecule has 56 heavy (non-hydrogen) atoms. The van der Waals surface area contributed by atoms with Crippen molar-refractivity contribution in [1.82, 2.24) is 0 Å². The number of rotatable bonds is 12. The minimum atomic E-state index is -0.832. The third kappa shape index (κ3) is 26.3. The molecule has 12 heteroatoms. The van der Waals surface area contributed by atoms with Crippen LogP contribution in [0.2, 0.25) is 118 Å². The zero-order valence-electron chi connectivity index (χ0n) is 38.8. The van der Waals surface area contributed by atoms with Crippen molar-refractivity contribution in [2.24, 2.45) is 0 Å². The first-order chi connectivity index (χ1) is 24.7. The first kappa shape index (κ1) is 59.1. The van der Waals surface area contributed by atoms with Crippen molar-refractivity contribution in [1.29, 1.82) is 0 Å². The molecule has 0 unspecified atom stereocenters. The van der Waals surface area contributed by atoms with Crippen molar-refractivity contribution >= 4 is 124 Å². The molecule has 4 aromatic carbocycles. The van der Waals surface area contributed by atoms with Gasteiger partial charge in [-0.05, 0) is 48.5 Å². The first-order valence-electron chi connectivity index (χ1n) is 20.1. The van der Waals surface area contributed by atoms with E-state index in [-0.39, 0.29) is 61.1 Å². The van der Waals surface area contributed by atoms with Crippen LogP contribution in [0.25, 0.3) is 0 Å². The molecule has 0 aliphatic carbocycles. The second-order valence-electron chi connectivity index (χ2n) is 20.2. The van der Waals surface area contributed by atoms with E-state index in [2.05, 4.69) is 239 Å². The summed E-state index contributed by atoms with van der Waals surface area (Å²) in [5, 5.41) is 6.06. The molecular weight excluding hydrogens is 1130 g/mol. The second kappa shape index (κ2) is 27.8. The summed E-state index contributed by atoms with van der Waals surface area (Å²) in [4.78, 5) is 0. The molecule has 4 rings (SSSR count). The fraction of sp³-hybridized carbons (Fsp3) is 0.455. The molecule has 0 heterocycles. The van der Waals surface area contributed by atoms with Crippen molar-refractivity contribution in [3.05, 3.63) is 121 Å². The van der Waals surface area contributed by atoms with Crippen LogP contribution in [-0.4, -0.2) is 98.9 Å². The first-order valence-corrected chi connectivity index (χ1v) is 51.5. The zero-order valence-corrected chi connectivity index (χ0v) is 53.9. The average molecular weight is 1210 g/mol. The van der Waals surface area contributed by atoms with Crippen LogP contribution in [0, 0.1) is 0 Å². The van der Waals surface area contributed by atoms with E-state index in [0.717, 1.165) is 0 Å². The summed E-state index contributed by atoms with van der Waals surface area (Å²) in [6.07, 6.45) is 2.52. The summed E-state index contributed by atoms with van der Waals surface area (Å²) in [6.45, 7) is 45.1. The molecule has 0 spiro atoms. The maximum absolute atomic E-state index is 2.61. The SMILES string of the molecule is C[Si](C)(C)[Si]([Si](C)(C)C)[Si](C)(C)C.C[Si](C)(C)[Si][Si](C)(C)C.C[Si](C)C.[Pt].[Sn].c1ccc([PH+](CC[PH+](c2ccccc2)c2ccccc2)c2ccccc2)cc1. The van der Waals surface area contributed by atoms with Crippen molar-refractivity contribution in [2.75, 3.05) is 12.3 Å². The van der Waals surface area contributed by atoms with Crippen molar-refractivity contribution in [3.63, 3.8) is 0 Å². The van der Waals surface area contributed by atoms with Gasteiger partial charge in [-0.1, -0.05) is 191 Å². The third-order valence-electron chi connectivity index (χ3n) is 8.11. The van der Waals surface area contributed by atoms with Gasteiger partial charge in [0.1, 0.15) is 12.3 Å². The monoisotopic (exact) mass is 1210 g/mol. The Morgan fingerprint density at radius 3 is 0.679 bits per heavy atom. The Bertz CT molecular complexity index is 1340. The minimum absolute atomic E-state index is 0. The Morgan fingerprint density at radius 2 is 0.571 bits per heavy atom. The Morgan fingerprint density at radius 1 is 0.393 bits per heavy atom. The predicted molar refractivity (Wildman–Crippen MR) is 288 cm³/mol. The van der Waals surface area contributed by atoms with E-state index in [0.29, 0.717) is 0 Å². The molecule has 8 radical (unpaired) electrons. The van der Waals surface area contributed by atoms with Crippen LogP contribution >= 0.6 is 15.8 Å². The van der Waals surface area contributed by atoms with Crippen LogP contribution in [0.1, 0.15) is 0 Å². The van der Waals surface area contributed by atoms with E-state index >= 15 is 0 Å². The Hall–Kier alpha value is 0.962. The zero-order chi connectivity index (χ0) is 41.4. The van der Waals surface area contributed by atoms with E-state index in [9.17, 15) is 0 Å². The van der Waals surface area contributed by atoms with E-state index in [1.807, 2.05) is 0 Å². The molecule has 0 fully saturated rings. The van der Waals surface area contributed by atoms with Crippen LogP contribution < -0.4 is 21.2 Å². The Kier molecular flexibility index (Phi) is 29.3. The normalized spacial score (nSPS) is 12.0. The molecule has 0 amide bonds. The maximum Gasteiger partial charge on any atom is 0.101 e. The third-order valence-corrected chi connectivity index (χ3v) is 92.2. The molecule has 0 saturated heterocycles. The molecule has 0 bridgehead atoms. The summed E-state index contributed by atoms with van der Waals surface area (Å²) in [5.74, 6) is 0. The fourth-order valence-electron chi connectivity index (χ4n) is 8.22. The summed E-state index contributed by atoms with van der Waals surface area (Å²) < 4.78 is 0. The summed E-state index contributed by atoms with van der Waals surface area (Å²) in [6, 6.07) is 44.5. The Balaban J connectivity index is 0. The molecule has 0 nitrogen and oxygen atoms in total. The fourth-order valence-corrected chi connectivity index (χ4v) is 131. The summed E-state index contributed by atoms with van der Waals surface area (Å²) in [5.41, 5.74) is 0. The van der Waals surface area contributed by atoms with Gasteiger partial charge in [-0.2, -0.15) is 0 Å². The Labute approximate surface area is 392 Å². The minimum Gasteiger partial charge on any atom is -0.0721 e. The number of hydrogen-bond donors (Lipinski definition) is 0. The maximum atomic E-state index is 2.61. The topological polar surface area (TPSA) is 0 Å². The number of benzene rings is 4. The predicted octanol–water partition coefficient (Wildman–Crippen LogP) is 11.8. The van der Waals surface area contributed by atoms with E-state index in [1.54, 1.807) is 0 Å². The summed E-state index contributed by atoms with van der Waals surface area (Å²) >= 11 is 0. The second-order valence-corrected chi connectivity index (χ2v) is 86.4. The van der Waals surface area contributed by atoms with Gasteiger partial charge < -0.3 is 0 Å². The van der Waals surface area contributed by atoms with Crippen LogP contribution in [0.4, 0.5) is 0 Å². The quantitative estimate of drug-likeness (QED) is 0.0980. The van der Waals surface area contributed by atoms with Gasteiger partial charge in [0.25, 0.3) is 0 Å². The summed E-state index contributed by atoms with van der Waals surface area (Å²) in [7, 11) is -4.00. The van der Waals surface area contributed by atoms with Crippen LogP contribution in [0.15, 0.2) is 121 Å². The standard InChI is InChI=1S/C26H24P2.C9H27Si4.C6H18Si3.C3H9Si.Pt.Sn/c1-5-13-23(14-6-1)27(24-15-7-2-8-16-24)21-22-28(25-17-9-3-10-18-25)26-19-11-4-12-20-26;1-11(2,3)10(12(4,5)6)13(7,8)9;1-8(2,3)7-9(4,5)6;1-4(2)3;;/h1-20H,21-22H2;1-9H3;1-6H3;1-3H3;;/p+2. The molecule has 0 aliphatic rings. The van der Waals surface area contributed by atoms with Gasteiger partial charge >= 0.3 is 0 Å². The van der Waals surface area contributed by atoms with Gasteiger partial charge in [-0.3, -0.25) is 0 Å². The van der Waals surface area contributed by atoms with E-state index in [1.165, 1.54) is 42.1 Å².